The number of aliphatic hydroxyl groups is 1. The second kappa shape index (κ2) is 14.2. The minimum atomic E-state index is -3.80. The van der Waals surface area contributed by atoms with Gasteiger partial charge in [-0.2, -0.15) is 0 Å². The van der Waals surface area contributed by atoms with Crippen LogP contribution in [0.1, 0.15) is 55.5 Å². The van der Waals surface area contributed by atoms with Gasteiger partial charge in [0.15, 0.2) is 0 Å². The van der Waals surface area contributed by atoms with Crippen LogP contribution in [0.15, 0.2) is 88.9 Å². The molecule has 0 amide bonds. The van der Waals surface area contributed by atoms with Gasteiger partial charge >= 0.3 is 5.69 Å². The van der Waals surface area contributed by atoms with Gasteiger partial charge in [-0.3, -0.25) is 18.8 Å². The Morgan fingerprint density at radius 3 is 2.44 bits per heavy atom. The van der Waals surface area contributed by atoms with Gasteiger partial charge in [0.1, 0.15) is 0 Å². The van der Waals surface area contributed by atoms with Crippen molar-refractivity contribution in [1.29, 1.82) is 0 Å². The maximum atomic E-state index is 13.0. The Morgan fingerprint density at radius 1 is 1.00 bits per heavy atom. The van der Waals surface area contributed by atoms with Gasteiger partial charge in [-0.15, -0.1) is 0 Å². The number of aryl methyl sites for hydroxylation is 1. The Kier molecular flexibility index (Phi) is 10.5. The van der Waals surface area contributed by atoms with Crippen molar-refractivity contribution in [1.82, 2.24) is 19.4 Å². The van der Waals surface area contributed by atoms with Gasteiger partial charge in [0.25, 0.3) is 10.0 Å². The molecule has 0 aliphatic heterocycles. The van der Waals surface area contributed by atoms with Gasteiger partial charge in [-0.05, 0) is 74.3 Å². The normalized spacial score (nSPS) is 12.4. The van der Waals surface area contributed by atoms with Crippen LogP contribution < -0.4 is 15.7 Å². The topological polar surface area (TPSA) is 118 Å². The zero-order valence-electron chi connectivity index (χ0n) is 23.7. The zero-order valence-corrected chi connectivity index (χ0v) is 24.5. The Balaban J connectivity index is 1.31. The molecule has 0 aliphatic rings. The van der Waals surface area contributed by atoms with E-state index in [1.54, 1.807) is 58.1 Å². The van der Waals surface area contributed by atoms with Gasteiger partial charge in [0, 0.05) is 48.6 Å². The van der Waals surface area contributed by atoms with E-state index in [1.165, 1.54) is 12.1 Å². The van der Waals surface area contributed by atoms with Crippen molar-refractivity contribution in [3.05, 3.63) is 107 Å². The van der Waals surface area contributed by atoms with Gasteiger partial charge < -0.3 is 10.4 Å². The van der Waals surface area contributed by atoms with Crippen molar-refractivity contribution in [3.63, 3.8) is 0 Å². The highest BCUT2D eigenvalue weighted by Gasteiger charge is 2.16. The molecule has 0 unspecified atom stereocenters. The molecule has 0 spiro atoms. The third-order valence-corrected chi connectivity index (χ3v) is 8.44. The number of nitrogens with one attached hydrogen (secondary N) is 2. The molecule has 0 saturated carbocycles. The first-order valence-corrected chi connectivity index (χ1v) is 15.6. The molecule has 0 radical (unpaired) electrons. The Morgan fingerprint density at radius 2 is 1.76 bits per heavy atom. The molecule has 9 nitrogen and oxygen atoms in total. The minimum absolute atomic E-state index is 0.116. The number of rotatable bonds is 15. The number of unbranched alkanes of at least 4 members (excludes halogenated alkanes) is 3. The van der Waals surface area contributed by atoms with Gasteiger partial charge in [0.2, 0.25) is 0 Å². The Bertz CT molecular complexity index is 1550. The lowest BCUT2D eigenvalue weighted by atomic mass is 10.1. The first-order chi connectivity index (χ1) is 19.8. The molecule has 2 aromatic carbocycles. The molecule has 0 fully saturated rings. The van der Waals surface area contributed by atoms with E-state index in [2.05, 4.69) is 21.9 Å². The standard InChI is InChI=1S/C31H39N5O4S/c1-3-4-5-6-20-35-24(2)23-36(31(35)38)28-13-15-29(16-14-28)41(39,40)34-27-11-9-25(10-12-27)17-19-33-22-30(37)26-8-7-18-32-21-26/h7-16,18,21,23,30,33-34,37H,3-6,17,19-20,22H2,1-2H3/t30-/m0/s1. The molecule has 0 bridgehead atoms. The fourth-order valence-corrected chi connectivity index (χ4v) is 5.71. The number of imidazole rings is 1. The van der Waals surface area contributed by atoms with Crippen molar-refractivity contribution in [2.45, 2.75) is 63.5 Å². The smallest absolute Gasteiger partial charge is 0.332 e. The SMILES string of the molecule is CCCCCCn1c(C)cn(-c2ccc(S(=O)(=O)Nc3ccc(CCNC[C@H](O)c4cccnc4)cc3)cc2)c1=O. The number of benzene rings is 2. The van der Waals surface area contributed by atoms with Crippen molar-refractivity contribution in [3.8, 4) is 5.69 Å². The second-order valence-electron chi connectivity index (χ2n) is 10.2. The van der Waals surface area contributed by atoms with Crippen LogP contribution in [0, 0.1) is 6.92 Å². The third-order valence-electron chi connectivity index (χ3n) is 7.04. The fraction of sp³-hybridized carbons (Fsp3) is 0.355. The predicted octanol–water partition coefficient (Wildman–Crippen LogP) is 4.59. The highest BCUT2D eigenvalue weighted by molar-refractivity contribution is 7.92. The summed E-state index contributed by atoms with van der Waals surface area (Å²) in [4.78, 5) is 17.1. The van der Waals surface area contributed by atoms with E-state index in [0.717, 1.165) is 48.9 Å². The number of hydrogen-bond acceptors (Lipinski definition) is 6. The first kappa shape index (κ1) is 30.2. The highest BCUT2D eigenvalue weighted by Crippen LogP contribution is 2.19. The van der Waals surface area contributed by atoms with E-state index >= 15 is 0 Å². The van der Waals surface area contributed by atoms with E-state index in [-0.39, 0.29) is 10.6 Å². The van der Waals surface area contributed by atoms with E-state index in [4.69, 9.17) is 0 Å². The quantitative estimate of drug-likeness (QED) is 0.178. The lowest BCUT2D eigenvalue weighted by Gasteiger charge is -2.12. The summed E-state index contributed by atoms with van der Waals surface area (Å²) in [5, 5.41) is 13.4. The lowest BCUT2D eigenvalue weighted by molar-refractivity contribution is 0.174. The zero-order chi connectivity index (χ0) is 29.2. The summed E-state index contributed by atoms with van der Waals surface area (Å²) < 4.78 is 32.0. The highest BCUT2D eigenvalue weighted by atomic mass is 32.2. The van der Waals surface area contributed by atoms with Crippen LogP contribution in [0.4, 0.5) is 5.69 Å². The Labute approximate surface area is 242 Å². The van der Waals surface area contributed by atoms with Gasteiger partial charge in [0.05, 0.1) is 16.7 Å². The van der Waals surface area contributed by atoms with Crippen molar-refractivity contribution < 1.29 is 13.5 Å². The molecule has 2 aromatic heterocycles. The summed E-state index contributed by atoms with van der Waals surface area (Å²) >= 11 is 0. The van der Waals surface area contributed by atoms with E-state index in [0.29, 0.717) is 31.0 Å². The molecular formula is C31H39N5O4S. The molecule has 2 heterocycles. The number of nitrogens with zero attached hydrogens (tertiary/aromatic N) is 3. The average Bonchev–Trinajstić information content (AvgIpc) is 3.27. The number of aliphatic hydroxyl groups excluding tert-OH is 1. The van der Waals surface area contributed by atoms with Crippen molar-refractivity contribution >= 4 is 15.7 Å². The lowest BCUT2D eigenvalue weighted by Crippen LogP contribution is -2.24. The summed E-state index contributed by atoms with van der Waals surface area (Å²) in [7, 11) is -3.80. The van der Waals surface area contributed by atoms with Crippen LogP contribution in [-0.4, -0.2) is 40.7 Å². The summed E-state index contributed by atoms with van der Waals surface area (Å²) in [5.74, 6) is 0. The third kappa shape index (κ3) is 8.16. The number of sulfonamides is 1. The molecular weight excluding hydrogens is 538 g/mol. The molecule has 4 rings (SSSR count). The molecule has 0 aliphatic carbocycles. The minimum Gasteiger partial charge on any atom is -0.387 e. The maximum Gasteiger partial charge on any atom is 0.332 e. The van der Waals surface area contributed by atoms with Crippen LogP contribution in [-0.2, 0) is 23.0 Å². The number of pyridine rings is 1. The van der Waals surface area contributed by atoms with Gasteiger partial charge in [-0.25, -0.2) is 13.2 Å². The van der Waals surface area contributed by atoms with Crippen LogP contribution in [0.5, 0.6) is 0 Å². The first-order valence-electron chi connectivity index (χ1n) is 14.1. The van der Waals surface area contributed by atoms with Gasteiger partial charge in [-0.1, -0.05) is 44.4 Å². The monoisotopic (exact) mass is 577 g/mol. The molecule has 3 N–H and O–H groups in total. The maximum absolute atomic E-state index is 13.0. The summed E-state index contributed by atoms with van der Waals surface area (Å²) in [6.45, 7) is 5.83. The molecule has 0 saturated heterocycles. The number of anilines is 1. The largest absolute Gasteiger partial charge is 0.387 e. The molecule has 218 valence electrons. The van der Waals surface area contributed by atoms with Crippen molar-refractivity contribution in [2.75, 3.05) is 17.8 Å². The van der Waals surface area contributed by atoms with E-state index in [9.17, 15) is 18.3 Å². The van der Waals surface area contributed by atoms with Crippen LogP contribution in [0.3, 0.4) is 0 Å². The predicted molar refractivity (Wildman–Crippen MR) is 162 cm³/mol. The summed E-state index contributed by atoms with van der Waals surface area (Å²) in [6, 6.07) is 17.2. The van der Waals surface area contributed by atoms with Crippen molar-refractivity contribution in [2.24, 2.45) is 0 Å². The molecule has 41 heavy (non-hydrogen) atoms. The Hall–Kier alpha value is -3.73. The molecule has 1 atom stereocenters. The van der Waals surface area contributed by atoms with E-state index in [1.807, 2.05) is 25.1 Å². The number of hydrogen-bond donors (Lipinski definition) is 3. The summed E-state index contributed by atoms with van der Waals surface area (Å²) in [5.41, 5.74) is 3.65. The molecule has 10 heteroatoms. The average molecular weight is 578 g/mol. The number of aromatic nitrogens is 3. The van der Waals surface area contributed by atoms with Crippen LogP contribution >= 0.6 is 0 Å². The van der Waals surface area contributed by atoms with E-state index < -0.39 is 16.1 Å². The second-order valence-corrected chi connectivity index (χ2v) is 11.9. The summed E-state index contributed by atoms with van der Waals surface area (Å²) in [6.07, 6.45) is 9.56. The van der Waals surface area contributed by atoms with Crippen LogP contribution in [0.2, 0.25) is 0 Å². The fourth-order valence-electron chi connectivity index (χ4n) is 4.65. The molecule has 4 aromatic rings. The van der Waals surface area contributed by atoms with Crippen LogP contribution in [0.25, 0.3) is 5.69 Å².